The Bertz CT molecular complexity index is 1060. The topological polar surface area (TPSA) is 62.7 Å². The molecule has 1 aromatic heterocycles. The number of hydrogen-bond acceptors (Lipinski definition) is 4. The molecule has 1 aliphatic carbocycles. The average Bonchev–Trinajstić information content (AvgIpc) is 3.25. The lowest BCUT2D eigenvalue weighted by Crippen LogP contribution is -2.36. The first-order valence-corrected chi connectivity index (χ1v) is 10.3. The number of methoxy groups -OCH3 is 1. The first-order chi connectivity index (χ1) is 15.0. The summed E-state index contributed by atoms with van der Waals surface area (Å²) in [5.41, 5.74) is 3.71. The fourth-order valence-electron chi connectivity index (χ4n) is 4.69. The average molecular weight is 420 g/mol. The molecule has 0 radical (unpaired) electrons. The summed E-state index contributed by atoms with van der Waals surface area (Å²) in [5, 5.41) is 9.84. The van der Waals surface area contributed by atoms with Gasteiger partial charge in [0.25, 0.3) is 0 Å². The number of ether oxygens (including phenoxy) is 1. The van der Waals surface area contributed by atoms with Crippen LogP contribution in [0, 0.1) is 11.7 Å². The highest BCUT2D eigenvalue weighted by Crippen LogP contribution is 2.45. The Labute approximate surface area is 181 Å². The summed E-state index contributed by atoms with van der Waals surface area (Å²) < 4.78 is 19.1. The van der Waals surface area contributed by atoms with Crippen LogP contribution in [-0.2, 0) is 4.79 Å². The molecule has 0 aliphatic heterocycles. The molecule has 1 aliphatic rings. The van der Waals surface area contributed by atoms with Crippen molar-refractivity contribution >= 4 is 11.7 Å². The molecule has 5 nitrogen and oxygen atoms in total. The molecule has 0 bridgehead atoms. The van der Waals surface area contributed by atoms with Gasteiger partial charge in [-0.05, 0) is 54.3 Å². The van der Waals surface area contributed by atoms with Crippen molar-refractivity contribution in [2.24, 2.45) is 5.92 Å². The number of likely N-dealkylation sites (N-methyl/N-ethyl adjacent to an activating group) is 1. The summed E-state index contributed by atoms with van der Waals surface area (Å²) in [7, 11) is 3.60. The van der Waals surface area contributed by atoms with Crippen LogP contribution in [0.2, 0.25) is 0 Å². The maximum absolute atomic E-state index is 13.5. The van der Waals surface area contributed by atoms with Crippen molar-refractivity contribution in [3.05, 3.63) is 78.4 Å². The number of aromatic nitrogens is 1. The van der Waals surface area contributed by atoms with Crippen LogP contribution in [0.15, 0.2) is 67.0 Å². The van der Waals surface area contributed by atoms with E-state index in [0.717, 1.165) is 28.8 Å². The predicted molar refractivity (Wildman–Crippen MR) is 118 cm³/mol. The zero-order chi connectivity index (χ0) is 22.0. The summed E-state index contributed by atoms with van der Waals surface area (Å²) in [6.45, 7) is 0. The minimum Gasteiger partial charge on any atom is -0.495 e. The van der Waals surface area contributed by atoms with Gasteiger partial charge in [-0.15, -0.1) is 0 Å². The summed E-state index contributed by atoms with van der Waals surface area (Å²) in [5.74, 6) is -1.21. The van der Waals surface area contributed by atoms with E-state index in [1.807, 2.05) is 43.6 Å². The summed E-state index contributed by atoms with van der Waals surface area (Å²) in [6.07, 6.45) is 4.83. The van der Waals surface area contributed by atoms with E-state index in [1.54, 1.807) is 25.4 Å². The lowest BCUT2D eigenvalue weighted by Gasteiger charge is -2.34. The van der Waals surface area contributed by atoms with Crippen molar-refractivity contribution < 1.29 is 19.0 Å². The molecule has 2 aromatic carbocycles. The van der Waals surface area contributed by atoms with E-state index in [2.05, 4.69) is 9.88 Å². The van der Waals surface area contributed by atoms with Crippen molar-refractivity contribution in [3.63, 3.8) is 0 Å². The minimum atomic E-state index is -0.818. The van der Waals surface area contributed by atoms with Gasteiger partial charge in [0, 0.05) is 37.0 Å². The van der Waals surface area contributed by atoms with Gasteiger partial charge in [-0.25, -0.2) is 4.39 Å². The lowest BCUT2D eigenvalue weighted by atomic mass is 9.86. The Balaban J connectivity index is 1.74. The lowest BCUT2D eigenvalue weighted by molar-refractivity contribution is -0.142. The summed E-state index contributed by atoms with van der Waals surface area (Å²) in [4.78, 5) is 18.3. The number of hydrogen-bond donors (Lipinski definition) is 1. The number of carboxylic acid groups (broad SMARTS) is 1. The second-order valence-corrected chi connectivity index (χ2v) is 7.91. The number of aliphatic carboxylic acids is 1. The van der Waals surface area contributed by atoms with Crippen LogP contribution < -0.4 is 9.64 Å². The van der Waals surface area contributed by atoms with Gasteiger partial charge in [0.15, 0.2) is 0 Å². The van der Waals surface area contributed by atoms with Gasteiger partial charge in [0.05, 0.1) is 18.7 Å². The fraction of sp³-hybridized carbons (Fsp3) is 0.280. The van der Waals surface area contributed by atoms with E-state index >= 15 is 0 Å². The van der Waals surface area contributed by atoms with E-state index < -0.39 is 11.9 Å². The molecule has 1 saturated carbocycles. The molecule has 160 valence electrons. The molecule has 3 atom stereocenters. The molecule has 31 heavy (non-hydrogen) atoms. The van der Waals surface area contributed by atoms with Gasteiger partial charge in [-0.3, -0.25) is 9.78 Å². The van der Waals surface area contributed by atoms with E-state index in [-0.39, 0.29) is 17.8 Å². The first kappa shape index (κ1) is 20.8. The van der Waals surface area contributed by atoms with Gasteiger partial charge < -0.3 is 14.7 Å². The van der Waals surface area contributed by atoms with Crippen molar-refractivity contribution in [2.45, 2.75) is 24.8 Å². The van der Waals surface area contributed by atoms with E-state index in [4.69, 9.17) is 4.74 Å². The van der Waals surface area contributed by atoms with Crippen molar-refractivity contribution in [1.29, 1.82) is 0 Å². The number of carboxylic acids is 1. The number of pyridine rings is 1. The van der Waals surface area contributed by atoms with Crippen LogP contribution in [0.4, 0.5) is 10.1 Å². The molecule has 3 aromatic rings. The molecule has 1 fully saturated rings. The van der Waals surface area contributed by atoms with Gasteiger partial charge in [-0.1, -0.05) is 24.3 Å². The van der Waals surface area contributed by atoms with Crippen molar-refractivity contribution in [2.75, 3.05) is 19.1 Å². The van der Waals surface area contributed by atoms with Crippen molar-refractivity contribution in [3.8, 4) is 16.9 Å². The molecule has 1 N–H and O–H groups in total. The maximum atomic E-state index is 13.5. The maximum Gasteiger partial charge on any atom is 0.307 e. The molecule has 0 amide bonds. The molecule has 3 unspecified atom stereocenters. The van der Waals surface area contributed by atoms with Crippen LogP contribution in [0.1, 0.15) is 24.3 Å². The zero-order valence-electron chi connectivity index (χ0n) is 17.5. The highest BCUT2D eigenvalue weighted by Gasteiger charge is 2.43. The quantitative estimate of drug-likeness (QED) is 0.609. The molecule has 1 heterocycles. The highest BCUT2D eigenvalue weighted by atomic mass is 19.1. The minimum absolute atomic E-state index is 0.0652. The standard InChI is InChI=1S/C25H25FN2O3/c1-28(22-14-17(7-12-23(22)31-2)18-4-3-13-27-15-18)21-11-10-20(25(29)30)24(21)16-5-8-19(26)9-6-16/h3-9,12-15,20-21,24H,10-11H2,1-2H3,(H,29,30). The number of anilines is 1. The van der Waals surface area contributed by atoms with Crippen LogP contribution >= 0.6 is 0 Å². The molecule has 4 rings (SSSR count). The van der Waals surface area contributed by atoms with Crippen LogP contribution in [0.3, 0.4) is 0 Å². The van der Waals surface area contributed by atoms with Crippen molar-refractivity contribution in [1.82, 2.24) is 4.98 Å². The Morgan fingerprint density at radius 1 is 1.13 bits per heavy atom. The summed E-state index contributed by atoms with van der Waals surface area (Å²) in [6, 6.07) is 16.0. The Kier molecular flexibility index (Phi) is 5.89. The van der Waals surface area contributed by atoms with E-state index in [1.165, 1.54) is 12.1 Å². The van der Waals surface area contributed by atoms with Gasteiger partial charge in [-0.2, -0.15) is 0 Å². The normalized spacial score (nSPS) is 20.4. The van der Waals surface area contributed by atoms with E-state index in [0.29, 0.717) is 12.2 Å². The first-order valence-electron chi connectivity index (χ1n) is 10.3. The largest absolute Gasteiger partial charge is 0.495 e. The highest BCUT2D eigenvalue weighted by molar-refractivity contribution is 5.74. The smallest absolute Gasteiger partial charge is 0.307 e. The zero-order valence-corrected chi connectivity index (χ0v) is 17.5. The summed E-state index contributed by atoms with van der Waals surface area (Å²) >= 11 is 0. The second kappa shape index (κ2) is 8.76. The Hall–Kier alpha value is -3.41. The van der Waals surface area contributed by atoms with Crippen LogP contribution in [-0.4, -0.2) is 36.3 Å². The van der Waals surface area contributed by atoms with Gasteiger partial charge in [0.1, 0.15) is 11.6 Å². The number of rotatable bonds is 6. The number of nitrogens with zero attached hydrogens (tertiary/aromatic N) is 2. The van der Waals surface area contributed by atoms with E-state index in [9.17, 15) is 14.3 Å². The SMILES string of the molecule is COc1ccc(-c2cccnc2)cc1N(C)C1CCC(C(=O)O)C1c1ccc(F)cc1. The Morgan fingerprint density at radius 3 is 2.55 bits per heavy atom. The van der Waals surface area contributed by atoms with Crippen LogP contribution in [0.5, 0.6) is 5.75 Å². The predicted octanol–water partition coefficient (Wildman–Crippen LogP) is 4.98. The third-order valence-corrected chi connectivity index (χ3v) is 6.24. The number of benzene rings is 2. The molecule has 0 spiro atoms. The molecular weight excluding hydrogens is 395 g/mol. The molecular formula is C25H25FN2O3. The van der Waals surface area contributed by atoms with Gasteiger partial charge in [0.2, 0.25) is 0 Å². The third kappa shape index (κ3) is 4.10. The van der Waals surface area contributed by atoms with Gasteiger partial charge >= 0.3 is 5.97 Å². The second-order valence-electron chi connectivity index (χ2n) is 7.91. The molecule has 6 heteroatoms. The molecule has 0 saturated heterocycles. The number of halogens is 1. The monoisotopic (exact) mass is 420 g/mol. The third-order valence-electron chi connectivity index (χ3n) is 6.24. The fourth-order valence-corrected chi connectivity index (χ4v) is 4.69. The Morgan fingerprint density at radius 2 is 1.90 bits per heavy atom. The van der Waals surface area contributed by atoms with Crippen LogP contribution in [0.25, 0.3) is 11.1 Å². The number of carbonyl (C=O) groups is 1.